The van der Waals surface area contributed by atoms with E-state index in [1.807, 2.05) is 19.1 Å². The summed E-state index contributed by atoms with van der Waals surface area (Å²) in [5.74, 6) is 0. The van der Waals surface area contributed by atoms with E-state index in [4.69, 9.17) is 4.74 Å². The van der Waals surface area contributed by atoms with Crippen molar-refractivity contribution in [3.63, 3.8) is 0 Å². The van der Waals surface area contributed by atoms with E-state index in [0.29, 0.717) is 6.61 Å². The highest BCUT2D eigenvalue weighted by molar-refractivity contribution is 5.12. The van der Waals surface area contributed by atoms with Crippen molar-refractivity contribution in [2.45, 2.75) is 19.5 Å². The third-order valence-corrected chi connectivity index (χ3v) is 3.43. The molecule has 0 aliphatic carbocycles. The van der Waals surface area contributed by atoms with E-state index >= 15 is 0 Å². The predicted molar refractivity (Wildman–Crippen MR) is 71.5 cm³/mol. The van der Waals surface area contributed by atoms with E-state index < -0.39 is 0 Å². The largest absolute Gasteiger partial charge is 0.378 e. The van der Waals surface area contributed by atoms with Gasteiger partial charge in [0.2, 0.25) is 0 Å². The summed E-state index contributed by atoms with van der Waals surface area (Å²) in [5, 5.41) is 7.07. The first-order valence-electron chi connectivity index (χ1n) is 6.56. The fraction of sp³-hybridized carbons (Fsp3) is 0.429. The Balaban J connectivity index is 1.77. The zero-order chi connectivity index (χ0) is 13.1. The third-order valence-electron chi connectivity index (χ3n) is 3.43. The van der Waals surface area contributed by atoms with Crippen molar-refractivity contribution in [2.24, 2.45) is 0 Å². The minimum Gasteiger partial charge on any atom is -0.378 e. The Hall–Kier alpha value is -1.72. The van der Waals surface area contributed by atoms with Crippen LogP contribution in [0.25, 0.3) is 0 Å². The second-order valence-electron chi connectivity index (χ2n) is 4.84. The van der Waals surface area contributed by atoms with Gasteiger partial charge in [-0.3, -0.25) is 15.0 Å². The van der Waals surface area contributed by atoms with Crippen LogP contribution in [-0.4, -0.2) is 39.8 Å². The number of ether oxygens (including phenoxy) is 1. The molecular formula is C14H18N4O. The molecule has 0 saturated carbocycles. The molecule has 5 nitrogen and oxygen atoms in total. The molecule has 1 aliphatic heterocycles. The molecule has 0 amide bonds. The van der Waals surface area contributed by atoms with Crippen molar-refractivity contribution in [1.82, 2.24) is 20.1 Å². The molecule has 1 fully saturated rings. The second kappa shape index (κ2) is 5.50. The van der Waals surface area contributed by atoms with Crippen LogP contribution >= 0.6 is 0 Å². The van der Waals surface area contributed by atoms with Crippen LogP contribution < -0.4 is 0 Å². The second-order valence-corrected chi connectivity index (χ2v) is 4.84. The molecule has 5 heteroatoms. The van der Waals surface area contributed by atoms with Gasteiger partial charge in [-0.15, -0.1) is 0 Å². The van der Waals surface area contributed by atoms with Crippen LogP contribution in [-0.2, 0) is 11.3 Å². The van der Waals surface area contributed by atoms with Crippen molar-refractivity contribution in [1.29, 1.82) is 0 Å². The van der Waals surface area contributed by atoms with Crippen LogP contribution in [0.1, 0.15) is 23.1 Å². The van der Waals surface area contributed by atoms with Crippen molar-refractivity contribution in [2.75, 3.05) is 19.8 Å². The van der Waals surface area contributed by atoms with Gasteiger partial charge in [0.25, 0.3) is 0 Å². The third kappa shape index (κ3) is 2.83. The number of nitrogens with zero attached hydrogens (tertiary/aromatic N) is 3. The minimum atomic E-state index is 0.235. The highest BCUT2D eigenvalue weighted by Crippen LogP contribution is 2.23. The minimum absolute atomic E-state index is 0.235. The maximum atomic E-state index is 5.59. The molecule has 0 unspecified atom stereocenters. The van der Waals surface area contributed by atoms with Gasteiger partial charge in [-0.1, -0.05) is 6.07 Å². The summed E-state index contributed by atoms with van der Waals surface area (Å²) in [5.41, 5.74) is 3.27. The summed E-state index contributed by atoms with van der Waals surface area (Å²) < 4.78 is 5.59. The summed E-state index contributed by atoms with van der Waals surface area (Å²) in [6, 6.07) is 8.40. The number of aromatic nitrogens is 3. The first-order valence-corrected chi connectivity index (χ1v) is 6.56. The van der Waals surface area contributed by atoms with Gasteiger partial charge in [0.05, 0.1) is 30.6 Å². The van der Waals surface area contributed by atoms with E-state index in [0.717, 1.165) is 36.8 Å². The lowest BCUT2D eigenvalue weighted by atomic mass is 10.1. The maximum absolute atomic E-state index is 5.59. The molecule has 1 saturated heterocycles. The molecule has 2 aromatic rings. The van der Waals surface area contributed by atoms with Crippen molar-refractivity contribution < 1.29 is 4.74 Å². The predicted octanol–water partition coefficient (Wildman–Crippen LogP) is 1.69. The Morgan fingerprint density at radius 3 is 3.16 bits per heavy atom. The number of morpholine rings is 1. The zero-order valence-corrected chi connectivity index (χ0v) is 11.0. The standard InChI is InChI=1S/C14H18N4O/c1-11-3-2-4-12(16-11)9-18-7-8-19-10-14(18)13-5-6-15-17-13/h2-6,14H,7-10H2,1H3,(H,15,17)/t14-/m1/s1. The number of aromatic amines is 1. The van der Waals surface area contributed by atoms with E-state index in [1.54, 1.807) is 6.20 Å². The van der Waals surface area contributed by atoms with Gasteiger partial charge in [0.1, 0.15) is 0 Å². The van der Waals surface area contributed by atoms with Crippen LogP contribution in [0.4, 0.5) is 0 Å². The molecule has 0 radical (unpaired) electrons. The summed E-state index contributed by atoms with van der Waals surface area (Å²) in [4.78, 5) is 6.96. The molecule has 0 aromatic carbocycles. The van der Waals surface area contributed by atoms with Crippen molar-refractivity contribution >= 4 is 0 Å². The van der Waals surface area contributed by atoms with Crippen LogP contribution in [0.2, 0.25) is 0 Å². The summed E-state index contributed by atoms with van der Waals surface area (Å²) in [6.07, 6.45) is 1.78. The highest BCUT2D eigenvalue weighted by Gasteiger charge is 2.25. The monoisotopic (exact) mass is 258 g/mol. The Labute approximate surface area is 112 Å². The lowest BCUT2D eigenvalue weighted by Crippen LogP contribution is -2.39. The number of hydrogen-bond acceptors (Lipinski definition) is 4. The molecule has 3 heterocycles. The van der Waals surface area contributed by atoms with Crippen molar-refractivity contribution in [3.05, 3.63) is 47.5 Å². The Bertz CT molecular complexity index is 526. The fourth-order valence-electron chi connectivity index (χ4n) is 2.46. The molecule has 3 rings (SSSR count). The topological polar surface area (TPSA) is 54.0 Å². The SMILES string of the molecule is Cc1cccc(CN2CCOC[C@@H]2c2ccn[nH]2)n1. The number of hydrogen-bond donors (Lipinski definition) is 1. The molecule has 19 heavy (non-hydrogen) atoms. The average Bonchev–Trinajstić information content (AvgIpc) is 2.93. The Morgan fingerprint density at radius 2 is 2.37 bits per heavy atom. The molecule has 1 aliphatic rings. The lowest BCUT2D eigenvalue weighted by Gasteiger charge is -2.34. The number of H-pyrrole nitrogens is 1. The van der Waals surface area contributed by atoms with E-state index in [-0.39, 0.29) is 6.04 Å². The van der Waals surface area contributed by atoms with Crippen molar-refractivity contribution in [3.8, 4) is 0 Å². The number of nitrogens with one attached hydrogen (secondary N) is 1. The Kier molecular flexibility index (Phi) is 3.57. The van der Waals surface area contributed by atoms with Gasteiger partial charge >= 0.3 is 0 Å². The molecule has 1 N–H and O–H groups in total. The summed E-state index contributed by atoms with van der Waals surface area (Å²) in [6.45, 7) is 5.26. The fourth-order valence-corrected chi connectivity index (χ4v) is 2.46. The Morgan fingerprint density at radius 1 is 1.42 bits per heavy atom. The molecule has 0 bridgehead atoms. The van der Waals surface area contributed by atoms with Crippen LogP contribution in [0.5, 0.6) is 0 Å². The lowest BCUT2D eigenvalue weighted by molar-refractivity contribution is -0.0148. The normalized spacial score (nSPS) is 20.6. The van der Waals surface area contributed by atoms with E-state index in [2.05, 4.69) is 32.2 Å². The smallest absolute Gasteiger partial charge is 0.0756 e. The van der Waals surface area contributed by atoms with Crippen LogP contribution in [0.3, 0.4) is 0 Å². The maximum Gasteiger partial charge on any atom is 0.0756 e. The summed E-state index contributed by atoms with van der Waals surface area (Å²) in [7, 11) is 0. The summed E-state index contributed by atoms with van der Waals surface area (Å²) >= 11 is 0. The highest BCUT2D eigenvalue weighted by atomic mass is 16.5. The number of aryl methyl sites for hydroxylation is 1. The first-order chi connectivity index (χ1) is 9.33. The van der Waals surface area contributed by atoms with Gasteiger partial charge in [-0.2, -0.15) is 5.10 Å². The van der Waals surface area contributed by atoms with E-state index in [1.165, 1.54) is 0 Å². The van der Waals surface area contributed by atoms with Gasteiger partial charge in [-0.25, -0.2) is 0 Å². The van der Waals surface area contributed by atoms with Crippen LogP contribution in [0, 0.1) is 6.92 Å². The molecule has 2 aromatic heterocycles. The average molecular weight is 258 g/mol. The quantitative estimate of drug-likeness (QED) is 0.910. The van der Waals surface area contributed by atoms with Crippen LogP contribution in [0.15, 0.2) is 30.5 Å². The van der Waals surface area contributed by atoms with Gasteiger partial charge in [0, 0.05) is 25.0 Å². The van der Waals surface area contributed by atoms with E-state index in [9.17, 15) is 0 Å². The van der Waals surface area contributed by atoms with Gasteiger partial charge in [-0.05, 0) is 25.1 Å². The first kappa shape index (κ1) is 12.3. The number of pyridine rings is 1. The zero-order valence-electron chi connectivity index (χ0n) is 11.0. The molecule has 100 valence electrons. The molecule has 0 spiro atoms. The molecule has 1 atom stereocenters. The van der Waals surface area contributed by atoms with Gasteiger partial charge < -0.3 is 4.74 Å². The number of rotatable bonds is 3. The van der Waals surface area contributed by atoms with Gasteiger partial charge in [0.15, 0.2) is 0 Å². The molecular weight excluding hydrogens is 240 g/mol.